The molecule has 0 spiro atoms. The molecule has 180 valence electrons. The first-order valence-electron chi connectivity index (χ1n) is 11.3. The van der Waals surface area contributed by atoms with Gasteiger partial charge in [-0.1, -0.05) is 0 Å². The zero-order valence-corrected chi connectivity index (χ0v) is 18.9. The summed E-state index contributed by atoms with van der Waals surface area (Å²) in [4.78, 5) is 21.2. The maximum atomic E-state index is 15.1. The Bertz CT molecular complexity index is 1230. The molecule has 1 aliphatic heterocycles. The first-order valence-corrected chi connectivity index (χ1v) is 11.3. The van der Waals surface area contributed by atoms with Crippen LogP contribution in [0.2, 0.25) is 0 Å². The van der Waals surface area contributed by atoms with E-state index in [0.29, 0.717) is 24.1 Å². The lowest BCUT2D eigenvalue weighted by Gasteiger charge is -2.61. The van der Waals surface area contributed by atoms with Crippen LogP contribution in [0, 0.1) is 12.8 Å². The lowest BCUT2D eigenvalue weighted by Crippen LogP contribution is -2.68. The number of aromatic amines is 1. The molecule has 11 nitrogen and oxygen atoms in total. The number of alkyl halides is 1. The van der Waals surface area contributed by atoms with Crippen molar-refractivity contribution in [2.24, 2.45) is 5.92 Å². The molecule has 4 fully saturated rings. The van der Waals surface area contributed by atoms with Crippen LogP contribution in [0.25, 0.3) is 5.65 Å². The number of carbonyl (C=O) groups is 1. The SMILES string of the molecule is COCc1cn2c(Nc3cc([C@H]4OC[C@@H](OC(=O)NC56CC(C5)C6)[C@H]4F)[nH]n3)nc(C)cc2n1. The monoisotopic (exact) mass is 471 g/mol. The summed E-state index contributed by atoms with van der Waals surface area (Å²) >= 11 is 0. The van der Waals surface area contributed by atoms with E-state index >= 15 is 4.39 Å². The quantitative estimate of drug-likeness (QED) is 0.480. The van der Waals surface area contributed by atoms with E-state index in [-0.39, 0.29) is 12.1 Å². The second kappa shape index (κ2) is 7.91. The summed E-state index contributed by atoms with van der Waals surface area (Å²) in [6.07, 6.45) is 0.824. The van der Waals surface area contributed by atoms with Crippen LogP contribution >= 0.6 is 0 Å². The number of alkyl carbamates (subject to hydrolysis) is 1. The minimum atomic E-state index is -1.51. The molecule has 4 aliphatic rings. The predicted octanol–water partition coefficient (Wildman–Crippen LogP) is 2.71. The highest BCUT2D eigenvalue weighted by Crippen LogP contribution is 2.57. The Kier molecular flexibility index (Phi) is 4.96. The molecule has 3 aliphatic carbocycles. The average Bonchev–Trinajstić information content (AvgIpc) is 3.44. The number of halogens is 1. The molecule has 4 heterocycles. The molecule has 3 aromatic heterocycles. The molecule has 3 aromatic rings. The Morgan fingerprint density at radius 2 is 2.18 bits per heavy atom. The fourth-order valence-electron chi connectivity index (χ4n) is 5.08. The third-order valence-corrected chi connectivity index (χ3v) is 6.82. The van der Waals surface area contributed by atoms with Crippen molar-refractivity contribution in [2.45, 2.75) is 56.7 Å². The second-order valence-corrected chi connectivity index (χ2v) is 9.47. The van der Waals surface area contributed by atoms with Gasteiger partial charge < -0.3 is 24.8 Å². The topological polar surface area (TPSA) is 128 Å². The van der Waals surface area contributed by atoms with E-state index in [4.69, 9.17) is 14.2 Å². The number of carbonyl (C=O) groups excluding carboxylic acids is 1. The summed E-state index contributed by atoms with van der Waals surface area (Å²) in [5, 5.41) is 13.1. The van der Waals surface area contributed by atoms with Crippen molar-refractivity contribution in [1.29, 1.82) is 0 Å². The third kappa shape index (κ3) is 3.66. The molecule has 0 unspecified atom stereocenters. The highest BCUT2D eigenvalue weighted by atomic mass is 19.1. The molecule has 7 rings (SSSR count). The number of amides is 1. The summed E-state index contributed by atoms with van der Waals surface area (Å²) in [7, 11) is 1.61. The molecule has 0 radical (unpaired) electrons. The van der Waals surface area contributed by atoms with Crippen molar-refractivity contribution in [3.63, 3.8) is 0 Å². The molecular formula is C22H26FN7O4. The van der Waals surface area contributed by atoms with Crippen LogP contribution in [-0.2, 0) is 20.8 Å². The number of nitrogens with one attached hydrogen (secondary N) is 3. The number of hydrogen-bond acceptors (Lipinski definition) is 8. The van der Waals surface area contributed by atoms with Gasteiger partial charge in [-0.2, -0.15) is 5.10 Å². The number of aryl methyl sites for hydroxylation is 1. The van der Waals surface area contributed by atoms with E-state index < -0.39 is 24.5 Å². The molecule has 12 heteroatoms. The van der Waals surface area contributed by atoms with E-state index in [2.05, 4.69) is 30.8 Å². The van der Waals surface area contributed by atoms with E-state index in [1.165, 1.54) is 0 Å². The first kappa shape index (κ1) is 21.3. The predicted molar refractivity (Wildman–Crippen MR) is 117 cm³/mol. The number of ether oxygens (including phenoxy) is 3. The largest absolute Gasteiger partial charge is 0.441 e. The van der Waals surface area contributed by atoms with Crippen LogP contribution in [0.1, 0.15) is 42.4 Å². The minimum Gasteiger partial charge on any atom is -0.441 e. The molecule has 3 N–H and O–H groups in total. The maximum Gasteiger partial charge on any atom is 0.408 e. The zero-order chi connectivity index (χ0) is 23.4. The minimum absolute atomic E-state index is 0.0198. The smallest absolute Gasteiger partial charge is 0.408 e. The van der Waals surface area contributed by atoms with Gasteiger partial charge in [-0.3, -0.25) is 9.50 Å². The Balaban J connectivity index is 1.12. The Morgan fingerprint density at radius 1 is 1.35 bits per heavy atom. The lowest BCUT2D eigenvalue weighted by molar-refractivity contribution is -0.0528. The maximum absolute atomic E-state index is 15.1. The summed E-state index contributed by atoms with van der Waals surface area (Å²) in [6.45, 7) is 2.23. The van der Waals surface area contributed by atoms with Gasteiger partial charge in [-0.15, -0.1) is 0 Å². The van der Waals surface area contributed by atoms with Crippen molar-refractivity contribution in [1.82, 2.24) is 29.9 Å². The number of methoxy groups -OCH3 is 1. The van der Waals surface area contributed by atoms with Crippen molar-refractivity contribution >= 4 is 23.5 Å². The first-order chi connectivity index (χ1) is 16.4. The van der Waals surface area contributed by atoms with Crippen LogP contribution in [0.5, 0.6) is 0 Å². The van der Waals surface area contributed by atoms with Crippen LogP contribution in [0.15, 0.2) is 18.3 Å². The van der Waals surface area contributed by atoms with E-state index in [9.17, 15) is 4.79 Å². The van der Waals surface area contributed by atoms with Crippen LogP contribution in [-0.4, -0.2) is 62.2 Å². The summed E-state index contributed by atoms with van der Waals surface area (Å²) in [5.74, 6) is 1.68. The molecule has 1 amide bonds. The van der Waals surface area contributed by atoms with Crippen molar-refractivity contribution in [3.8, 4) is 0 Å². The van der Waals surface area contributed by atoms with Gasteiger partial charge in [0.05, 0.1) is 24.6 Å². The molecule has 0 aromatic carbocycles. The van der Waals surface area contributed by atoms with Gasteiger partial charge in [0.15, 0.2) is 18.1 Å². The van der Waals surface area contributed by atoms with Crippen molar-refractivity contribution in [3.05, 3.63) is 35.4 Å². The standard InChI is InChI=1S/C22H26FN7O4/c1-11-3-17-25-13(9-32-2)8-30(17)20(24-11)26-16-4-14(28-29-16)19-18(23)15(10-33-19)34-21(31)27-22-5-12(6-22)7-22/h3-4,8,12,15,18-19H,5-7,9-10H2,1-2H3,(H,27,31)(H2,24,26,28,29)/t12?,15-,18-,19-,22?/m1/s1. The Morgan fingerprint density at radius 3 is 2.91 bits per heavy atom. The normalized spacial score (nSPS) is 29.5. The number of imidazole rings is 1. The average molecular weight is 471 g/mol. The van der Waals surface area contributed by atoms with E-state index in [0.717, 1.165) is 42.2 Å². The summed E-state index contributed by atoms with van der Waals surface area (Å²) in [5.41, 5.74) is 2.59. The molecule has 1 saturated heterocycles. The number of nitrogens with zero attached hydrogens (tertiary/aromatic N) is 4. The number of H-pyrrole nitrogens is 1. The van der Waals surface area contributed by atoms with Gasteiger partial charge in [0.25, 0.3) is 0 Å². The summed E-state index contributed by atoms with van der Waals surface area (Å²) < 4.78 is 33.0. The number of fused-ring (bicyclic) bond motifs is 1. The Labute approximate surface area is 194 Å². The molecule has 34 heavy (non-hydrogen) atoms. The van der Waals surface area contributed by atoms with Crippen LogP contribution < -0.4 is 10.6 Å². The fourth-order valence-corrected chi connectivity index (χ4v) is 5.08. The van der Waals surface area contributed by atoms with Gasteiger partial charge in [-0.25, -0.2) is 19.2 Å². The van der Waals surface area contributed by atoms with Crippen LogP contribution in [0.3, 0.4) is 0 Å². The third-order valence-electron chi connectivity index (χ3n) is 6.82. The van der Waals surface area contributed by atoms with Gasteiger partial charge in [0, 0.05) is 36.7 Å². The zero-order valence-electron chi connectivity index (χ0n) is 18.9. The lowest BCUT2D eigenvalue weighted by atomic mass is 9.50. The van der Waals surface area contributed by atoms with Gasteiger partial charge in [-0.05, 0) is 32.1 Å². The number of hydrogen-bond donors (Lipinski definition) is 3. The van der Waals surface area contributed by atoms with Crippen molar-refractivity contribution in [2.75, 3.05) is 19.0 Å². The number of anilines is 2. The van der Waals surface area contributed by atoms with E-state index in [1.807, 2.05) is 19.2 Å². The van der Waals surface area contributed by atoms with Gasteiger partial charge in [0.1, 0.15) is 11.8 Å². The van der Waals surface area contributed by atoms with Gasteiger partial charge in [0.2, 0.25) is 5.95 Å². The van der Waals surface area contributed by atoms with Crippen molar-refractivity contribution < 1.29 is 23.4 Å². The molecular weight excluding hydrogens is 445 g/mol. The highest BCUT2D eigenvalue weighted by Gasteiger charge is 2.58. The Hall–Kier alpha value is -3.25. The van der Waals surface area contributed by atoms with Crippen LogP contribution in [0.4, 0.5) is 21.0 Å². The van der Waals surface area contributed by atoms with E-state index in [1.54, 1.807) is 17.6 Å². The fraction of sp³-hybridized carbons (Fsp3) is 0.545. The molecule has 2 bridgehead atoms. The second-order valence-electron chi connectivity index (χ2n) is 9.47. The summed E-state index contributed by atoms with van der Waals surface area (Å²) in [6, 6.07) is 3.52. The number of aromatic nitrogens is 5. The van der Waals surface area contributed by atoms with Gasteiger partial charge >= 0.3 is 6.09 Å². The molecule has 3 saturated carbocycles. The highest BCUT2D eigenvalue weighted by molar-refractivity contribution is 5.69. The number of rotatable bonds is 7. The molecule has 3 atom stereocenters.